The molecule has 4 aromatic rings. The molecule has 1 amide bonds. The van der Waals surface area contributed by atoms with E-state index in [0.717, 1.165) is 17.5 Å². The Labute approximate surface area is 209 Å². The first-order valence-corrected chi connectivity index (χ1v) is 12.3. The molecule has 4 rings (SSSR count). The minimum atomic E-state index is -0.360. The molecule has 0 saturated heterocycles. The number of nitrogens with one attached hydrogen (secondary N) is 1. The smallest absolute Gasteiger partial charge is 0.352 e. The highest BCUT2D eigenvalue weighted by atomic mass is 16.2. The predicted molar refractivity (Wildman–Crippen MR) is 143 cm³/mol. The van der Waals surface area contributed by atoms with Crippen LogP contribution in [0.4, 0.5) is 0 Å². The van der Waals surface area contributed by atoms with Gasteiger partial charge in [-0.15, -0.1) is 5.10 Å². The highest BCUT2D eigenvalue weighted by molar-refractivity contribution is 5.98. The topological polar surface area (TPSA) is 90.4 Å². The molecule has 2 heterocycles. The number of hydrogen-bond acceptors (Lipinski definition) is 4. The number of carbonyl (C=O) groups is 1. The predicted octanol–water partition coefficient (Wildman–Crippen LogP) is 3.93. The van der Waals surface area contributed by atoms with Crippen LogP contribution in [0.25, 0.3) is 22.8 Å². The van der Waals surface area contributed by atoms with Crippen molar-refractivity contribution in [1.82, 2.24) is 24.1 Å². The summed E-state index contributed by atoms with van der Waals surface area (Å²) in [6.07, 6.45) is 2.52. The summed E-state index contributed by atoms with van der Waals surface area (Å²) in [5.41, 5.74) is 2.08. The number of aromatic nitrogens is 4. The maximum Gasteiger partial charge on any atom is 0.352 e. The zero-order valence-electron chi connectivity index (χ0n) is 21.3. The van der Waals surface area contributed by atoms with E-state index in [9.17, 15) is 14.4 Å². The average molecular weight is 488 g/mol. The highest BCUT2D eigenvalue weighted by Crippen LogP contribution is 2.16. The van der Waals surface area contributed by atoms with Crippen LogP contribution in [-0.4, -0.2) is 31.2 Å². The Balaban J connectivity index is 1.89. The Hall–Kier alpha value is -3.94. The van der Waals surface area contributed by atoms with Gasteiger partial charge in [-0.25, -0.2) is 13.9 Å². The van der Waals surface area contributed by atoms with Crippen LogP contribution in [-0.2, 0) is 13.1 Å². The number of carbonyl (C=O) groups excluding carboxylic acids is 1. The minimum Gasteiger partial charge on any atom is -0.352 e. The van der Waals surface area contributed by atoms with Crippen molar-refractivity contribution in [3.63, 3.8) is 0 Å². The molecule has 2 aromatic carbocycles. The molecule has 0 atom stereocenters. The molecule has 1 N–H and O–H groups in total. The molecular weight excluding hydrogens is 454 g/mol. The summed E-state index contributed by atoms with van der Waals surface area (Å²) in [6.45, 7) is 13.2. The number of benzene rings is 2. The molecule has 188 valence electrons. The molecule has 0 unspecified atom stereocenters. The van der Waals surface area contributed by atoms with Gasteiger partial charge in [-0.3, -0.25) is 14.2 Å². The third-order valence-corrected chi connectivity index (χ3v) is 6.19. The largest absolute Gasteiger partial charge is 0.352 e. The van der Waals surface area contributed by atoms with Crippen molar-refractivity contribution in [3.8, 4) is 0 Å². The van der Waals surface area contributed by atoms with Gasteiger partial charge in [-0.1, -0.05) is 64.6 Å². The van der Waals surface area contributed by atoms with Crippen LogP contribution in [0.3, 0.4) is 0 Å². The number of amides is 1. The lowest BCUT2D eigenvalue weighted by Gasteiger charge is -2.12. The Morgan fingerprint density at radius 3 is 2.42 bits per heavy atom. The van der Waals surface area contributed by atoms with Crippen molar-refractivity contribution < 1.29 is 4.79 Å². The van der Waals surface area contributed by atoms with Gasteiger partial charge in [-0.2, -0.15) is 0 Å². The van der Waals surface area contributed by atoms with Crippen LogP contribution in [0.2, 0.25) is 0 Å². The van der Waals surface area contributed by atoms with E-state index in [4.69, 9.17) is 0 Å². The first kappa shape index (κ1) is 25.2. The molecule has 0 aliphatic rings. The molecule has 0 aliphatic heterocycles. The van der Waals surface area contributed by atoms with Gasteiger partial charge in [0.05, 0.1) is 17.4 Å². The van der Waals surface area contributed by atoms with Crippen LogP contribution in [0.15, 0.2) is 58.6 Å². The van der Waals surface area contributed by atoms with Crippen molar-refractivity contribution >= 4 is 28.7 Å². The quantitative estimate of drug-likeness (QED) is 0.387. The van der Waals surface area contributed by atoms with E-state index in [1.165, 1.54) is 9.08 Å². The number of hydrogen-bond donors (Lipinski definition) is 1. The third-order valence-electron chi connectivity index (χ3n) is 6.19. The van der Waals surface area contributed by atoms with E-state index in [1.54, 1.807) is 28.8 Å². The molecule has 8 nitrogen and oxygen atoms in total. The van der Waals surface area contributed by atoms with Gasteiger partial charge in [0, 0.05) is 18.7 Å². The van der Waals surface area contributed by atoms with Gasteiger partial charge in [0.25, 0.3) is 11.5 Å². The fourth-order valence-corrected chi connectivity index (χ4v) is 4.08. The highest BCUT2D eigenvalue weighted by Gasteiger charge is 2.19. The molecule has 0 saturated carbocycles. The maximum absolute atomic E-state index is 13.6. The summed E-state index contributed by atoms with van der Waals surface area (Å²) >= 11 is 0. The molecule has 0 radical (unpaired) electrons. The Bertz CT molecular complexity index is 1540. The fourth-order valence-electron chi connectivity index (χ4n) is 4.08. The summed E-state index contributed by atoms with van der Waals surface area (Å²) in [7, 11) is 0. The van der Waals surface area contributed by atoms with E-state index in [-0.39, 0.29) is 29.5 Å². The monoisotopic (exact) mass is 487 g/mol. The van der Waals surface area contributed by atoms with Crippen molar-refractivity contribution in [2.24, 2.45) is 11.8 Å². The van der Waals surface area contributed by atoms with E-state index in [0.29, 0.717) is 41.4 Å². The standard InChI is InChI=1S/C28H33N5O3/c1-6-20-7-9-21(10-8-20)17-32-28(36)33-24-15-22(25(34)29-16-19(4)5)11-12-23(24)26(35)31(27(33)30-32)14-13-18(2)3/h6-12,15,18-19H,1,13-14,16-17H2,2-5H3,(H,29,34). The second-order valence-electron chi connectivity index (χ2n) is 10.00. The van der Waals surface area contributed by atoms with E-state index < -0.39 is 0 Å². The van der Waals surface area contributed by atoms with E-state index in [1.807, 2.05) is 38.1 Å². The van der Waals surface area contributed by atoms with Gasteiger partial charge in [0.1, 0.15) is 0 Å². The van der Waals surface area contributed by atoms with Crippen LogP contribution in [0.1, 0.15) is 55.6 Å². The second-order valence-corrected chi connectivity index (χ2v) is 10.00. The van der Waals surface area contributed by atoms with Gasteiger partial charge >= 0.3 is 5.69 Å². The molecule has 8 heteroatoms. The molecular formula is C28H33N5O3. The molecule has 2 aromatic heterocycles. The third kappa shape index (κ3) is 5.03. The summed E-state index contributed by atoms with van der Waals surface area (Å²) in [4.78, 5) is 39.8. The molecule has 0 fully saturated rings. The van der Waals surface area contributed by atoms with Crippen molar-refractivity contribution in [2.45, 2.75) is 47.2 Å². The van der Waals surface area contributed by atoms with Crippen LogP contribution >= 0.6 is 0 Å². The van der Waals surface area contributed by atoms with Gasteiger partial charge < -0.3 is 5.32 Å². The zero-order chi connectivity index (χ0) is 26.0. The van der Waals surface area contributed by atoms with Crippen LogP contribution < -0.4 is 16.6 Å². The summed E-state index contributed by atoms with van der Waals surface area (Å²) in [6, 6.07) is 12.6. The number of nitrogens with zero attached hydrogens (tertiary/aromatic N) is 4. The number of rotatable bonds is 9. The Morgan fingerprint density at radius 1 is 1.06 bits per heavy atom. The van der Waals surface area contributed by atoms with E-state index >= 15 is 0 Å². The SMILES string of the molecule is C=Cc1ccc(Cn2nc3n(CCC(C)C)c(=O)c4ccc(C(=O)NCC(C)C)cc4n3c2=O)cc1. The average Bonchev–Trinajstić information content (AvgIpc) is 3.18. The van der Waals surface area contributed by atoms with Crippen LogP contribution in [0.5, 0.6) is 0 Å². The molecule has 36 heavy (non-hydrogen) atoms. The first-order valence-electron chi connectivity index (χ1n) is 12.3. The Kier molecular flexibility index (Phi) is 7.24. The molecule has 0 spiro atoms. The summed E-state index contributed by atoms with van der Waals surface area (Å²) in [5.74, 6) is 0.707. The second kappa shape index (κ2) is 10.4. The lowest BCUT2D eigenvalue weighted by molar-refractivity contribution is 0.0949. The Morgan fingerprint density at radius 2 is 1.78 bits per heavy atom. The normalized spacial score (nSPS) is 11.6. The molecule has 0 bridgehead atoms. The lowest BCUT2D eigenvalue weighted by atomic mass is 10.1. The van der Waals surface area contributed by atoms with Gasteiger partial charge in [0.15, 0.2) is 0 Å². The maximum atomic E-state index is 13.6. The van der Waals surface area contributed by atoms with Crippen molar-refractivity contribution in [3.05, 3.63) is 86.6 Å². The summed E-state index contributed by atoms with van der Waals surface area (Å²) < 4.78 is 4.39. The number of fused-ring (bicyclic) bond motifs is 3. The first-order chi connectivity index (χ1) is 17.2. The molecule has 0 aliphatic carbocycles. The van der Waals surface area contributed by atoms with E-state index in [2.05, 4.69) is 30.8 Å². The van der Waals surface area contributed by atoms with Crippen LogP contribution in [0, 0.1) is 11.8 Å². The van der Waals surface area contributed by atoms with Gasteiger partial charge in [-0.05, 0) is 47.6 Å². The lowest BCUT2D eigenvalue weighted by Crippen LogP contribution is -2.29. The van der Waals surface area contributed by atoms with Crippen molar-refractivity contribution in [1.29, 1.82) is 0 Å². The number of aryl methyl sites for hydroxylation is 1. The summed E-state index contributed by atoms with van der Waals surface area (Å²) in [5, 5.41) is 7.86. The minimum absolute atomic E-state index is 0.222. The fraction of sp³-hybridized carbons (Fsp3) is 0.357. The van der Waals surface area contributed by atoms with Gasteiger partial charge in [0.2, 0.25) is 5.78 Å². The zero-order valence-corrected chi connectivity index (χ0v) is 21.3. The van der Waals surface area contributed by atoms with Crippen molar-refractivity contribution in [2.75, 3.05) is 6.54 Å².